The summed E-state index contributed by atoms with van der Waals surface area (Å²) in [6.07, 6.45) is 0. The van der Waals surface area contributed by atoms with E-state index in [1.54, 1.807) is 12.1 Å². The average Bonchev–Trinajstić information content (AvgIpc) is 2.34. The van der Waals surface area contributed by atoms with Gasteiger partial charge >= 0.3 is 0 Å². The third kappa shape index (κ3) is 4.71. The van der Waals surface area contributed by atoms with E-state index >= 15 is 0 Å². The molecule has 96 valence electrons. The lowest BCUT2D eigenvalue weighted by atomic mass is 10.2. The van der Waals surface area contributed by atoms with E-state index in [-0.39, 0.29) is 5.82 Å². The van der Waals surface area contributed by atoms with Crippen molar-refractivity contribution in [2.24, 2.45) is 0 Å². The molecule has 1 rings (SSSR count). The van der Waals surface area contributed by atoms with E-state index in [0.717, 1.165) is 13.1 Å². The minimum atomic E-state index is -0.229. The molecule has 1 aromatic carbocycles. The second-order valence-corrected chi connectivity index (χ2v) is 4.05. The molecule has 1 atom stereocenters. The summed E-state index contributed by atoms with van der Waals surface area (Å²) in [6, 6.07) is 5.25. The van der Waals surface area contributed by atoms with E-state index in [9.17, 15) is 4.39 Å². The molecule has 0 saturated heterocycles. The fourth-order valence-electron chi connectivity index (χ4n) is 1.52. The van der Waals surface area contributed by atoms with E-state index in [2.05, 4.69) is 24.5 Å². The number of benzene rings is 1. The number of hydrogen-bond acceptors (Lipinski definition) is 3. The van der Waals surface area contributed by atoms with Crippen LogP contribution in [0.5, 0.6) is 5.75 Å². The second-order valence-electron chi connectivity index (χ2n) is 4.05. The fraction of sp³-hybridized carbons (Fsp3) is 0.538. The maximum absolute atomic E-state index is 13.6. The Kier molecular flexibility index (Phi) is 5.94. The minimum Gasteiger partial charge on any atom is -0.497 e. The largest absolute Gasteiger partial charge is 0.497 e. The normalized spacial score (nSPS) is 12.5. The summed E-state index contributed by atoms with van der Waals surface area (Å²) in [6.45, 7) is 6.50. The third-order valence-corrected chi connectivity index (χ3v) is 2.60. The van der Waals surface area contributed by atoms with Crippen LogP contribution < -0.4 is 15.4 Å². The molecule has 2 N–H and O–H groups in total. The summed E-state index contributed by atoms with van der Waals surface area (Å²) >= 11 is 0. The van der Waals surface area contributed by atoms with Crippen molar-refractivity contribution in [2.45, 2.75) is 26.4 Å². The van der Waals surface area contributed by atoms with Crippen molar-refractivity contribution in [3.63, 3.8) is 0 Å². The molecule has 0 spiro atoms. The van der Waals surface area contributed by atoms with Gasteiger partial charge in [0, 0.05) is 30.8 Å². The lowest BCUT2D eigenvalue weighted by Crippen LogP contribution is -2.35. The minimum absolute atomic E-state index is 0.229. The molecule has 4 heteroatoms. The quantitative estimate of drug-likeness (QED) is 0.764. The van der Waals surface area contributed by atoms with Crippen LogP contribution in [-0.4, -0.2) is 26.2 Å². The van der Waals surface area contributed by atoms with Gasteiger partial charge in [-0.05, 0) is 19.5 Å². The Balaban J connectivity index is 2.46. The zero-order chi connectivity index (χ0) is 12.7. The van der Waals surface area contributed by atoms with Crippen molar-refractivity contribution in [1.29, 1.82) is 0 Å². The van der Waals surface area contributed by atoms with Gasteiger partial charge in [-0.2, -0.15) is 0 Å². The smallest absolute Gasteiger partial charge is 0.131 e. The molecule has 0 aliphatic rings. The summed E-state index contributed by atoms with van der Waals surface area (Å²) in [7, 11) is 1.53. The first-order valence-corrected chi connectivity index (χ1v) is 5.93. The number of hydrogen-bond donors (Lipinski definition) is 2. The van der Waals surface area contributed by atoms with Gasteiger partial charge in [-0.15, -0.1) is 0 Å². The van der Waals surface area contributed by atoms with Gasteiger partial charge in [-0.3, -0.25) is 0 Å². The van der Waals surface area contributed by atoms with Crippen molar-refractivity contribution in [2.75, 3.05) is 20.2 Å². The predicted molar refractivity (Wildman–Crippen MR) is 67.8 cm³/mol. The Morgan fingerprint density at radius 2 is 2.18 bits per heavy atom. The highest BCUT2D eigenvalue weighted by molar-refractivity contribution is 5.28. The average molecular weight is 240 g/mol. The van der Waals surface area contributed by atoms with E-state index in [4.69, 9.17) is 4.74 Å². The molecule has 0 aliphatic carbocycles. The Bertz CT molecular complexity index is 344. The first-order valence-electron chi connectivity index (χ1n) is 5.93. The maximum Gasteiger partial charge on any atom is 0.131 e. The summed E-state index contributed by atoms with van der Waals surface area (Å²) in [5.74, 6) is 0.319. The van der Waals surface area contributed by atoms with Gasteiger partial charge in [0.25, 0.3) is 0 Å². The van der Waals surface area contributed by atoms with Crippen LogP contribution in [0.1, 0.15) is 19.4 Å². The number of methoxy groups -OCH3 is 1. The standard InChI is InChI=1S/C13H21FN2O/c1-4-15-8-10(2)16-9-11-5-6-12(17-3)7-13(11)14/h5-7,10,15-16H,4,8-9H2,1-3H3. The van der Waals surface area contributed by atoms with Crippen LogP contribution in [0.2, 0.25) is 0 Å². The highest BCUT2D eigenvalue weighted by atomic mass is 19.1. The van der Waals surface area contributed by atoms with E-state index in [1.165, 1.54) is 13.2 Å². The van der Waals surface area contributed by atoms with E-state index in [1.807, 2.05) is 0 Å². The Labute approximate surface area is 102 Å². The highest BCUT2D eigenvalue weighted by Gasteiger charge is 2.05. The van der Waals surface area contributed by atoms with Gasteiger partial charge in [-0.25, -0.2) is 4.39 Å². The number of ether oxygens (including phenoxy) is 1. The Morgan fingerprint density at radius 3 is 2.76 bits per heavy atom. The molecule has 0 amide bonds. The summed E-state index contributed by atoms with van der Waals surface area (Å²) in [5.41, 5.74) is 0.661. The molecular weight excluding hydrogens is 219 g/mol. The van der Waals surface area contributed by atoms with Gasteiger partial charge in [0.05, 0.1) is 7.11 Å². The topological polar surface area (TPSA) is 33.3 Å². The predicted octanol–water partition coefficient (Wildman–Crippen LogP) is 1.92. The van der Waals surface area contributed by atoms with Crippen molar-refractivity contribution >= 4 is 0 Å². The third-order valence-electron chi connectivity index (χ3n) is 2.60. The number of rotatable bonds is 7. The molecule has 0 bridgehead atoms. The SMILES string of the molecule is CCNCC(C)NCc1ccc(OC)cc1F. The van der Waals surface area contributed by atoms with E-state index < -0.39 is 0 Å². The monoisotopic (exact) mass is 240 g/mol. The molecule has 0 heterocycles. The van der Waals surface area contributed by atoms with Gasteiger partial charge < -0.3 is 15.4 Å². The molecule has 1 aromatic rings. The van der Waals surface area contributed by atoms with Crippen molar-refractivity contribution in [3.05, 3.63) is 29.6 Å². The Morgan fingerprint density at radius 1 is 1.41 bits per heavy atom. The van der Waals surface area contributed by atoms with E-state index in [0.29, 0.717) is 23.9 Å². The van der Waals surface area contributed by atoms with Gasteiger partial charge in [0.2, 0.25) is 0 Å². The lowest BCUT2D eigenvalue weighted by molar-refractivity contribution is 0.410. The maximum atomic E-state index is 13.6. The van der Waals surface area contributed by atoms with Crippen molar-refractivity contribution in [1.82, 2.24) is 10.6 Å². The fourth-order valence-corrected chi connectivity index (χ4v) is 1.52. The molecular formula is C13H21FN2O. The second kappa shape index (κ2) is 7.25. The molecule has 0 aromatic heterocycles. The van der Waals surface area contributed by atoms with Gasteiger partial charge in [-0.1, -0.05) is 13.0 Å². The summed E-state index contributed by atoms with van der Waals surface area (Å²) in [4.78, 5) is 0. The molecule has 1 unspecified atom stereocenters. The number of halogens is 1. The molecule has 0 aliphatic heterocycles. The molecule has 3 nitrogen and oxygen atoms in total. The number of likely N-dealkylation sites (N-methyl/N-ethyl adjacent to an activating group) is 1. The van der Waals surface area contributed by atoms with Gasteiger partial charge in [0.15, 0.2) is 0 Å². The molecule has 0 saturated carbocycles. The molecule has 17 heavy (non-hydrogen) atoms. The van der Waals surface area contributed by atoms with Crippen LogP contribution in [0.15, 0.2) is 18.2 Å². The lowest BCUT2D eigenvalue weighted by Gasteiger charge is -2.14. The van der Waals surface area contributed by atoms with Crippen LogP contribution in [0.4, 0.5) is 4.39 Å². The molecule has 0 radical (unpaired) electrons. The summed E-state index contributed by atoms with van der Waals surface area (Å²) < 4.78 is 18.6. The van der Waals surface area contributed by atoms with Crippen LogP contribution in [0.25, 0.3) is 0 Å². The first-order chi connectivity index (χ1) is 8.17. The summed E-state index contributed by atoms with van der Waals surface area (Å²) in [5, 5.41) is 6.51. The Hall–Kier alpha value is -1.13. The highest BCUT2D eigenvalue weighted by Crippen LogP contribution is 2.15. The molecule has 0 fully saturated rings. The van der Waals surface area contributed by atoms with Crippen LogP contribution in [-0.2, 0) is 6.54 Å². The van der Waals surface area contributed by atoms with Crippen LogP contribution >= 0.6 is 0 Å². The first kappa shape index (κ1) is 13.9. The number of nitrogens with one attached hydrogen (secondary N) is 2. The van der Waals surface area contributed by atoms with Crippen molar-refractivity contribution in [3.8, 4) is 5.75 Å². The van der Waals surface area contributed by atoms with Crippen molar-refractivity contribution < 1.29 is 9.13 Å². The van der Waals surface area contributed by atoms with Crippen LogP contribution in [0.3, 0.4) is 0 Å². The van der Waals surface area contributed by atoms with Gasteiger partial charge in [0.1, 0.15) is 11.6 Å². The van der Waals surface area contributed by atoms with Crippen LogP contribution in [0, 0.1) is 5.82 Å². The zero-order valence-electron chi connectivity index (χ0n) is 10.7. The zero-order valence-corrected chi connectivity index (χ0v) is 10.7.